The molecule has 0 saturated carbocycles. The normalized spacial score (nSPS) is 11.6. The summed E-state index contributed by atoms with van der Waals surface area (Å²) in [6.45, 7) is 3.45. The fourth-order valence-corrected chi connectivity index (χ4v) is 1.52. The van der Waals surface area contributed by atoms with Crippen LogP contribution >= 0.6 is 11.8 Å². The summed E-state index contributed by atoms with van der Waals surface area (Å²) >= 11 is 1.11. The Labute approximate surface area is 83.8 Å². The Morgan fingerprint density at radius 2 is 2.14 bits per heavy atom. The van der Waals surface area contributed by atoms with Crippen LogP contribution in [0.2, 0.25) is 0 Å². The van der Waals surface area contributed by atoms with Crippen LogP contribution in [0.3, 0.4) is 0 Å². The first-order valence-electron chi connectivity index (χ1n) is 3.93. The molecule has 78 valence electrons. The summed E-state index contributed by atoms with van der Waals surface area (Å²) < 4.78 is -0.502. The van der Waals surface area contributed by atoms with E-state index in [1.165, 1.54) is 0 Å². The highest BCUT2D eigenvalue weighted by molar-refractivity contribution is 8.00. The van der Waals surface area contributed by atoms with E-state index in [1.807, 2.05) is 0 Å². The molecule has 0 radical (unpaired) electrons. The quantitative estimate of drug-likeness (QED) is 0.583. The van der Waals surface area contributed by atoms with E-state index in [4.69, 9.17) is 5.11 Å². The highest BCUT2D eigenvalue weighted by atomic mass is 32.2. The molecular weight excluding hydrogens is 206 g/mol. The van der Waals surface area contributed by atoms with Crippen LogP contribution in [0.5, 0.6) is 0 Å². The number of H-pyrrole nitrogens is 2. The van der Waals surface area contributed by atoms with E-state index in [0.29, 0.717) is 0 Å². The van der Waals surface area contributed by atoms with Crippen LogP contribution in [0, 0.1) is 0 Å². The van der Waals surface area contributed by atoms with Gasteiger partial charge in [-0.3, -0.25) is 9.78 Å². The van der Waals surface area contributed by atoms with Gasteiger partial charge in [-0.1, -0.05) is 11.8 Å². The van der Waals surface area contributed by atoms with E-state index in [2.05, 4.69) is 15.2 Å². The summed E-state index contributed by atoms with van der Waals surface area (Å²) in [7, 11) is 0. The molecule has 1 aromatic rings. The number of aromatic nitrogens is 3. The fourth-order valence-electron chi connectivity index (χ4n) is 0.700. The second kappa shape index (κ2) is 3.97. The molecule has 0 atom stereocenters. The first-order valence-corrected chi connectivity index (χ1v) is 4.75. The lowest BCUT2D eigenvalue weighted by Crippen LogP contribution is -2.28. The zero-order chi connectivity index (χ0) is 10.8. The van der Waals surface area contributed by atoms with Crippen molar-refractivity contribution in [2.75, 3.05) is 6.61 Å². The van der Waals surface area contributed by atoms with Crippen LogP contribution in [0.15, 0.2) is 14.6 Å². The average Bonchev–Trinajstić information content (AvgIpc) is 2.10. The molecule has 7 heteroatoms. The number of aliphatic hydroxyl groups excluding tert-OH is 1. The maximum absolute atomic E-state index is 11.2. The standard InChI is InChI=1S/C7H11N3O3S/c1-7(2,3-11)14-5-4(12)8-6(13)10-9-5/h11H,3H2,1-2H3,(H2,8,10,12,13). The molecule has 0 aromatic carbocycles. The highest BCUT2D eigenvalue weighted by Gasteiger charge is 2.20. The summed E-state index contributed by atoms with van der Waals surface area (Å²) in [5.74, 6) is 0. The van der Waals surface area contributed by atoms with Gasteiger partial charge in [0.1, 0.15) is 0 Å². The van der Waals surface area contributed by atoms with Crippen LogP contribution in [0.4, 0.5) is 0 Å². The van der Waals surface area contributed by atoms with Gasteiger partial charge in [-0.2, -0.15) is 5.10 Å². The predicted molar refractivity (Wildman–Crippen MR) is 52.5 cm³/mol. The minimum atomic E-state index is -0.638. The Balaban J connectivity index is 2.99. The lowest BCUT2D eigenvalue weighted by Gasteiger charge is -2.18. The van der Waals surface area contributed by atoms with Gasteiger partial charge < -0.3 is 5.11 Å². The molecule has 6 nitrogen and oxygen atoms in total. The number of nitrogens with zero attached hydrogens (tertiary/aromatic N) is 1. The molecule has 0 aliphatic rings. The molecular formula is C7H11N3O3S. The Kier molecular flexibility index (Phi) is 3.12. The molecule has 1 heterocycles. The van der Waals surface area contributed by atoms with Crippen LogP contribution in [-0.2, 0) is 0 Å². The number of rotatable bonds is 3. The van der Waals surface area contributed by atoms with E-state index in [9.17, 15) is 9.59 Å². The van der Waals surface area contributed by atoms with E-state index >= 15 is 0 Å². The smallest absolute Gasteiger partial charge is 0.342 e. The van der Waals surface area contributed by atoms with Gasteiger partial charge in [0, 0.05) is 4.75 Å². The zero-order valence-corrected chi connectivity index (χ0v) is 8.64. The highest BCUT2D eigenvalue weighted by Crippen LogP contribution is 2.27. The van der Waals surface area contributed by atoms with Crippen molar-refractivity contribution in [1.82, 2.24) is 15.2 Å². The predicted octanol–water partition coefficient (Wildman–Crippen LogP) is -0.679. The van der Waals surface area contributed by atoms with Crippen molar-refractivity contribution in [3.8, 4) is 0 Å². The van der Waals surface area contributed by atoms with E-state index in [0.717, 1.165) is 11.8 Å². The summed E-state index contributed by atoms with van der Waals surface area (Å²) in [6, 6.07) is 0. The third-order valence-electron chi connectivity index (χ3n) is 1.43. The number of aliphatic hydroxyl groups is 1. The van der Waals surface area contributed by atoms with Crippen molar-refractivity contribution in [3.63, 3.8) is 0 Å². The number of hydrogen-bond acceptors (Lipinski definition) is 5. The number of hydrogen-bond donors (Lipinski definition) is 3. The zero-order valence-electron chi connectivity index (χ0n) is 7.83. The van der Waals surface area contributed by atoms with Crippen LogP contribution in [0.1, 0.15) is 13.8 Å². The monoisotopic (exact) mass is 217 g/mol. The average molecular weight is 217 g/mol. The van der Waals surface area contributed by atoms with Crippen molar-refractivity contribution in [3.05, 3.63) is 20.8 Å². The minimum absolute atomic E-state index is 0.0854. The third kappa shape index (κ3) is 2.71. The molecule has 1 aromatic heterocycles. The molecule has 0 unspecified atom stereocenters. The lowest BCUT2D eigenvalue weighted by molar-refractivity contribution is 0.265. The summed E-state index contributed by atoms with van der Waals surface area (Å²) in [5, 5.41) is 14.8. The van der Waals surface area contributed by atoms with Gasteiger partial charge in [-0.25, -0.2) is 9.89 Å². The van der Waals surface area contributed by atoms with Crippen molar-refractivity contribution in [1.29, 1.82) is 0 Å². The molecule has 0 fully saturated rings. The van der Waals surface area contributed by atoms with Crippen LogP contribution in [-0.4, -0.2) is 31.6 Å². The van der Waals surface area contributed by atoms with E-state index in [-0.39, 0.29) is 11.6 Å². The maximum Gasteiger partial charge on any atom is 0.342 e. The van der Waals surface area contributed by atoms with Gasteiger partial charge in [0.05, 0.1) is 6.61 Å². The number of thioether (sulfide) groups is 1. The largest absolute Gasteiger partial charge is 0.395 e. The first-order chi connectivity index (χ1) is 6.44. The Hall–Kier alpha value is -1.08. The Bertz CT molecular complexity index is 423. The van der Waals surface area contributed by atoms with E-state index in [1.54, 1.807) is 13.8 Å². The van der Waals surface area contributed by atoms with Gasteiger partial charge in [0.25, 0.3) is 5.56 Å². The minimum Gasteiger partial charge on any atom is -0.395 e. The van der Waals surface area contributed by atoms with Gasteiger partial charge in [-0.15, -0.1) is 0 Å². The van der Waals surface area contributed by atoms with Gasteiger partial charge in [0.15, 0.2) is 5.03 Å². The van der Waals surface area contributed by atoms with Crippen molar-refractivity contribution < 1.29 is 5.11 Å². The molecule has 0 amide bonds. The van der Waals surface area contributed by atoms with Crippen molar-refractivity contribution in [2.24, 2.45) is 0 Å². The third-order valence-corrected chi connectivity index (χ3v) is 2.59. The van der Waals surface area contributed by atoms with Crippen molar-refractivity contribution >= 4 is 11.8 Å². The topological polar surface area (TPSA) is 98.8 Å². The Morgan fingerprint density at radius 1 is 1.50 bits per heavy atom. The van der Waals surface area contributed by atoms with Gasteiger partial charge >= 0.3 is 5.69 Å². The lowest BCUT2D eigenvalue weighted by atomic mass is 10.2. The SMILES string of the molecule is CC(C)(CO)Sc1n[nH]c(=O)[nH]c1=O. The molecule has 0 spiro atoms. The number of nitrogens with one attached hydrogen (secondary N) is 2. The summed E-state index contributed by atoms with van der Waals surface area (Å²) in [6.07, 6.45) is 0. The summed E-state index contributed by atoms with van der Waals surface area (Å²) in [4.78, 5) is 23.9. The maximum atomic E-state index is 11.2. The van der Waals surface area contributed by atoms with Crippen LogP contribution in [0.25, 0.3) is 0 Å². The molecule has 14 heavy (non-hydrogen) atoms. The molecule has 0 aliphatic heterocycles. The first kappa shape index (κ1) is 11.0. The van der Waals surface area contributed by atoms with Gasteiger partial charge in [-0.05, 0) is 13.8 Å². The van der Waals surface area contributed by atoms with Gasteiger partial charge in [0.2, 0.25) is 0 Å². The van der Waals surface area contributed by atoms with Crippen molar-refractivity contribution in [2.45, 2.75) is 23.6 Å². The van der Waals surface area contributed by atoms with Crippen LogP contribution < -0.4 is 11.2 Å². The molecule has 1 rings (SSSR count). The second-order valence-corrected chi connectivity index (χ2v) is 5.03. The fraction of sp³-hybridized carbons (Fsp3) is 0.571. The molecule has 0 aliphatic carbocycles. The molecule has 0 saturated heterocycles. The summed E-state index contributed by atoms with van der Waals surface area (Å²) in [5.41, 5.74) is -1.18. The number of aromatic amines is 2. The Morgan fingerprint density at radius 3 is 2.64 bits per heavy atom. The second-order valence-electron chi connectivity index (χ2n) is 3.33. The van der Waals surface area contributed by atoms with E-state index < -0.39 is 16.0 Å². The molecule has 0 bridgehead atoms. The molecule has 3 N–H and O–H groups in total.